The Kier molecular flexibility index (Phi) is 5.88. The molecule has 0 atom stereocenters. The van der Waals surface area contributed by atoms with Gasteiger partial charge in [-0.05, 0) is 23.3 Å². The Labute approximate surface area is 159 Å². The average molecular weight is 380 g/mol. The van der Waals surface area contributed by atoms with Gasteiger partial charge in [0, 0.05) is 6.54 Å². The lowest BCUT2D eigenvalue weighted by molar-refractivity contribution is 0.0952. The van der Waals surface area contributed by atoms with E-state index in [4.69, 9.17) is 0 Å². The molecule has 6 heteroatoms. The summed E-state index contributed by atoms with van der Waals surface area (Å²) in [7, 11) is -3.64. The highest BCUT2D eigenvalue weighted by molar-refractivity contribution is 7.91. The van der Waals surface area contributed by atoms with Crippen LogP contribution in [0.2, 0.25) is 0 Å². The van der Waals surface area contributed by atoms with Crippen LogP contribution in [0.4, 0.5) is 5.69 Å². The van der Waals surface area contributed by atoms with Crippen molar-refractivity contribution in [2.24, 2.45) is 0 Å². The number of carbonyl (C=O) groups is 1. The van der Waals surface area contributed by atoms with Crippen molar-refractivity contribution in [2.75, 3.05) is 4.72 Å². The monoisotopic (exact) mass is 380 g/mol. The number of sulfonamides is 1. The van der Waals surface area contributed by atoms with E-state index in [-0.39, 0.29) is 22.9 Å². The summed E-state index contributed by atoms with van der Waals surface area (Å²) >= 11 is 0. The maximum atomic E-state index is 12.5. The van der Waals surface area contributed by atoms with Gasteiger partial charge in [0.25, 0.3) is 5.91 Å². The lowest BCUT2D eigenvalue weighted by atomic mass is 10.1. The molecule has 0 spiro atoms. The number of carbonyl (C=O) groups excluding carboxylic acids is 1. The Balaban J connectivity index is 1.72. The first-order valence-corrected chi connectivity index (χ1v) is 10.1. The molecule has 0 heterocycles. The van der Waals surface area contributed by atoms with Crippen molar-refractivity contribution in [3.63, 3.8) is 0 Å². The molecule has 0 saturated heterocycles. The summed E-state index contributed by atoms with van der Waals surface area (Å²) in [5.74, 6) is -0.495. The van der Waals surface area contributed by atoms with Gasteiger partial charge in [0.15, 0.2) is 0 Å². The lowest BCUT2D eigenvalue weighted by Gasteiger charge is -2.13. The molecule has 3 aromatic rings. The van der Waals surface area contributed by atoms with Gasteiger partial charge in [-0.25, -0.2) is 8.42 Å². The molecule has 0 unspecified atom stereocenters. The highest BCUT2D eigenvalue weighted by Gasteiger charge is 2.17. The number of rotatable bonds is 7. The minimum absolute atomic E-state index is 0.159. The van der Waals surface area contributed by atoms with Gasteiger partial charge in [-0.2, -0.15) is 0 Å². The van der Waals surface area contributed by atoms with E-state index in [2.05, 4.69) is 10.0 Å². The van der Waals surface area contributed by atoms with Gasteiger partial charge in [-0.1, -0.05) is 72.8 Å². The first kappa shape index (κ1) is 18.7. The summed E-state index contributed by atoms with van der Waals surface area (Å²) in [6.07, 6.45) is 0. The number of amides is 1. The minimum atomic E-state index is -3.64. The summed E-state index contributed by atoms with van der Waals surface area (Å²) in [5.41, 5.74) is 2.19. The zero-order valence-electron chi connectivity index (χ0n) is 14.6. The third-order valence-electron chi connectivity index (χ3n) is 3.93. The zero-order valence-corrected chi connectivity index (χ0v) is 15.4. The third-order valence-corrected chi connectivity index (χ3v) is 5.18. The Bertz CT molecular complexity index is 1000. The SMILES string of the molecule is O=C(NCc1ccccc1)c1ccccc1NS(=O)(=O)Cc1ccccc1. The highest BCUT2D eigenvalue weighted by atomic mass is 32.2. The molecule has 5 nitrogen and oxygen atoms in total. The van der Waals surface area contributed by atoms with Crippen molar-refractivity contribution in [3.8, 4) is 0 Å². The van der Waals surface area contributed by atoms with Crippen molar-refractivity contribution < 1.29 is 13.2 Å². The molecule has 3 aromatic carbocycles. The van der Waals surface area contributed by atoms with Crippen LogP contribution in [0.1, 0.15) is 21.5 Å². The van der Waals surface area contributed by atoms with E-state index < -0.39 is 10.0 Å². The van der Waals surface area contributed by atoms with Gasteiger partial charge >= 0.3 is 0 Å². The maximum Gasteiger partial charge on any atom is 0.253 e. The standard InChI is InChI=1S/C21H20N2O3S/c24-21(22-15-17-9-3-1-4-10-17)19-13-7-8-14-20(19)23-27(25,26)16-18-11-5-2-6-12-18/h1-14,23H,15-16H2,(H,22,24). The first-order valence-electron chi connectivity index (χ1n) is 8.49. The number of benzene rings is 3. The van der Waals surface area contributed by atoms with Crippen LogP contribution < -0.4 is 10.0 Å². The van der Waals surface area contributed by atoms with E-state index in [9.17, 15) is 13.2 Å². The van der Waals surface area contributed by atoms with Crippen molar-refractivity contribution in [1.29, 1.82) is 0 Å². The van der Waals surface area contributed by atoms with Crippen LogP contribution in [-0.4, -0.2) is 14.3 Å². The molecule has 0 fully saturated rings. The van der Waals surface area contributed by atoms with Gasteiger partial charge in [0.2, 0.25) is 10.0 Å². The fourth-order valence-corrected chi connectivity index (χ4v) is 3.86. The minimum Gasteiger partial charge on any atom is -0.348 e. The average Bonchev–Trinajstić information content (AvgIpc) is 2.67. The van der Waals surface area contributed by atoms with Crippen LogP contribution in [0.3, 0.4) is 0 Å². The van der Waals surface area contributed by atoms with E-state index in [1.54, 1.807) is 48.5 Å². The number of para-hydroxylation sites is 1. The molecular weight excluding hydrogens is 360 g/mol. The molecule has 0 aliphatic rings. The smallest absolute Gasteiger partial charge is 0.253 e. The normalized spacial score (nSPS) is 11.0. The second-order valence-electron chi connectivity index (χ2n) is 6.06. The number of hydrogen-bond acceptors (Lipinski definition) is 3. The van der Waals surface area contributed by atoms with Gasteiger partial charge < -0.3 is 5.32 Å². The van der Waals surface area contributed by atoms with Crippen molar-refractivity contribution in [3.05, 3.63) is 102 Å². The molecule has 0 bridgehead atoms. The van der Waals surface area contributed by atoms with Crippen LogP contribution in [0.5, 0.6) is 0 Å². The fraction of sp³-hybridized carbons (Fsp3) is 0.0952. The van der Waals surface area contributed by atoms with Crippen LogP contribution in [-0.2, 0) is 22.3 Å². The quantitative estimate of drug-likeness (QED) is 0.658. The summed E-state index contributed by atoms with van der Waals surface area (Å²) < 4.78 is 27.5. The molecule has 3 rings (SSSR count). The maximum absolute atomic E-state index is 12.5. The van der Waals surface area contributed by atoms with Gasteiger partial charge in [0.1, 0.15) is 0 Å². The summed E-state index contributed by atoms with van der Waals surface area (Å²) in [6, 6.07) is 25.0. The molecule has 0 radical (unpaired) electrons. The Hall–Kier alpha value is -3.12. The van der Waals surface area contributed by atoms with E-state index in [1.807, 2.05) is 36.4 Å². The van der Waals surface area contributed by atoms with Crippen LogP contribution in [0.15, 0.2) is 84.9 Å². The third kappa shape index (κ3) is 5.43. The summed E-state index contributed by atoms with van der Waals surface area (Å²) in [5, 5.41) is 2.82. The predicted molar refractivity (Wildman–Crippen MR) is 107 cm³/mol. The van der Waals surface area contributed by atoms with Crippen molar-refractivity contribution in [2.45, 2.75) is 12.3 Å². The molecule has 1 amide bonds. The van der Waals surface area contributed by atoms with Gasteiger partial charge in [-0.3, -0.25) is 9.52 Å². The Morgan fingerprint density at radius 1 is 0.741 bits per heavy atom. The fourth-order valence-electron chi connectivity index (χ4n) is 2.64. The summed E-state index contributed by atoms with van der Waals surface area (Å²) in [6.45, 7) is 0.366. The molecule has 0 aromatic heterocycles. The zero-order chi connectivity index (χ0) is 19.1. The largest absolute Gasteiger partial charge is 0.348 e. The van der Waals surface area contributed by atoms with E-state index in [0.29, 0.717) is 12.1 Å². The van der Waals surface area contributed by atoms with E-state index in [1.165, 1.54) is 0 Å². The second-order valence-corrected chi connectivity index (χ2v) is 7.78. The van der Waals surface area contributed by atoms with E-state index in [0.717, 1.165) is 5.56 Å². The molecule has 0 saturated carbocycles. The van der Waals surface area contributed by atoms with Crippen molar-refractivity contribution in [1.82, 2.24) is 5.32 Å². The predicted octanol–water partition coefficient (Wildman–Crippen LogP) is 3.56. The van der Waals surface area contributed by atoms with Crippen LogP contribution >= 0.6 is 0 Å². The molecule has 0 aliphatic heterocycles. The molecule has 27 heavy (non-hydrogen) atoms. The Morgan fingerprint density at radius 3 is 1.96 bits per heavy atom. The van der Waals surface area contributed by atoms with Crippen molar-refractivity contribution >= 4 is 21.6 Å². The number of nitrogens with one attached hydrogen (secondary N) is 2. The number of anilines is 1. The second kappa shape index (κ2) is 8.51. The lowest BCUT2D eigenvalue weighted by Crippen LogP contribution is -2.25. The molecule has 0 aliphatic carbocycles. The Morgan fingerprint density at radius 2 is 1.30 bits per heavy atom. The molecule has 2 N–H and O–H groups in total. The first-order chi connectivity index (χ1) is 13.0. The van der Waals surface area contributed by atoms with Gasteiger partial charge in [-0.15, -0.1) is 0 Å². The summed E-state index contributed by atoms with van der Waals surface area (Å²) in [4.78, 5) is 12.5. The van der Waals surface area contributed by atoms with Crippen LogP contribution in [0, 0.1) is 0 Å². The number of hydrogen-bond donors (Lipinski definition) is 2. The van der Waals surface area contributed by atoms with Gasteiger partial charge in [0.05, 0.1) is 17.0 Å². The van der Waals surface area contributed by atoms with E-state index >= 15 is 0 Å². The molecule has 138 valence electrons. The highest BCUT2D eigenvalue weighted by Crippen LogP contribution is 2.18. The topological polar surface area (TPSA) is 75.3 Å². The van der Waals surface area contributed by atoms with Crippen LogP contribution in [0.25, 0.3) is 0 Å². The molecular formula is C21H20N2O3S.